The first kappa shape index (κ1) is 19.9. The van der Waals surface area contributed by atoms with Crippen LogP contribution >= 0.6 is 0 Å². The van der Waals surface area contributed by atoms with Gasteiger partial charge in [-0.05, 0) is 55.8 Å². The highest BCUT2D eigenvalue weighted by Gasteiger charge is 2.15. The molecule has 7 nitrogen and oxygen atoms in total. The molecule has 148 valence electrons. The van der Waals surface area contributed by atoms with Crippen molar-refractivity contribution in [2.45, 2.75) is 19.4 Å². The lowest BCUT2D eigenvalue weighted by molar-refractivity contribution is 0.0265. The van der Waals surface area contributed by atoms with E-state index in [1.807, 2.05) is 0 Å². The lowest BCUT2D eigenvalue weighted by Gasteiger charge is -2.12. The molecule has 7 heteroatoms. The molecule has 1 aliphatic rings. The number of carbonyl (C=O) groups is 2. The molecule has 2 aromatic rings. The monoisotopic (exact) mass is 385 g/mol. The van der Waals surface area contributed by atoms with Crippen molar-refractivity contribution in [3.8, 4) is 17.2 Å². The highest BCUT2D eigenvalue weighted by molar-refractivity contribution is 5.99. The predicted octanol–water partition coefficient (Wildman–Crippen LogP) is 2.96. The van der Waals surface area contributed by atoms with Gasteiger partial charge in [0.05, 0.1) is 24.9 Å². The highest BCUT2D eigenvalue weighted by atomic mass is 16.6. The van der Waals surface area contributed by atoms with Gasteiger partial charge < -0.3 is 24.7 Å². The van der Waals surface area contributed by atoms with E-state index in [1.165, 1.54) is 25.1 Å². The number of amides is 1. The number of hydrogen-bond donors (Lipinski definition) is 1. The minimum atomic E-state index is -0.588. The molecule has 1 saturated heterocycles. The van der Waals surface area contributed by atoms with E-state index in [2.05, 4.69) is 0 Å². The third-order valence-corrected chi connectivity index (χ3v) is 4.29. The van der Waals surface area contributed by atoms with E-state index in [0.717, 1.165) is 13.0 Å². The summed E-state index contributed by atoms with van der Waals surface area (Å²) < 4.78 is 22.3. The number of carbonyl (C=O) groups excluding carboxylic acids is 2. The van der Waals surface area contributed by atoms with E-state index < -0.39 is 5.91 Å². The van der Waals surface area contributed by atoms with Gasteiger partial charge in [-0.2, -0.15) is 0 Å². The maximum atomic E-state index is 11.8. The maximum Gasteiger partial charge on any atom is 0.248 e. The second kappa shape index (κ2) is 9.34. The summed E-state index contributed by atoms with van der Waals surface area (Å²) in [6, 6.07) is 11.5. The molecule has 1 atom stereocenters. The SMILES string of the molecule is CC(=O)c1ccc(C(N)=O)cc1Oc1ccc(OCCOC2CCOC2)cc1. The van der Waals surface area contributed by atoms with Crippen LogP contribution in [0, 0.1) is 0 Å². The Hall–Kier alpha value is -2.90. The summed E-state index contributed by atoms with van der Waals surface area (Å²) in [5.41, 5.74) is 5.95. The van der Waals surface area contributed by atoms with Crippen LogP contribution in [0.3, 0.4) is 0 Å². The van der Waals surface area contributed by atoms with Crippen molar-refractivity contribution in [3.63, 3.8) is 0 Å². The molecule has 1 amide bonds. The number of hydrogen-bond acceptors (Lipinski definition) is 6. The molecule has 2 aromatic carbocycles. The average Bonchev–Trinajstić information content (AvgIpc) is 3.19. The molecule has 0 bridgehead atoms. The van der Waals surface area contributed by atoms with Crippen LogP contribution in [0.4, 0.5) is 0 Å². The van der Waals surface area contributed by atoms with Gasteiger partial charge in [-0.25, -0.2) is 0 Å². The van der Waals surface area contributed by atoms with Crippen molar-refractivity contribution >= 4 is 11.7 Å². The fraction of sp³-hybridized carbons (Fsp3) is 0.333. The van der Waals surface area contributed by atoms with Gasteiger partial charge in [0.15, 0.2) is 5.78 Å². The average molecular weight is 385 g/mol. The number of primary amides is 1. The van der Waals surface area contributed by atoms with Crippen molar-refractivity contribution in [3.05, 3.63) is 53.6 Å². The van der Waals surface area contributed by atoms with Crippen LogP contribution in [-0.4, -0.2) is 44.2 Å². The maximum absolute atomic E-state index is 11.8. The molecular weight excluding hydrogens is 362 g/mol. The topological polar surface area (TPSA) is 97.1 Å². The summed E-state index contributed by atoms with van der Waals surface area (Å²) >= 11 is 0. The van der Waals surface area contributed by atoms with E-state index in [4.69, 9.17) is 24.7 Å². The lowest BCUT2D eigenvalue weighted by Crippen LogP contribution is -2.16. The summed E-state index contributed by atoms with van der Waals surface area (Å²) in [6.07, 6.45) is 1.08. The second-order valence-electron chi connectivity index (χ2n) is 6.41. The smallest absolute Gasteiger partial charge is 0.248 e. The quantitative estimate of drug-likeness (QED) is 0.526. The molecule has 1 unspecified atom stereocenters. The van der Waals surface area contributed by atoms with Crippen molar-refractivity contribution < 1.29 is 28.5 Å². The van der Waals surface area contributed by atoms with Gasteiger partial charge in [0, 0.05) is 12.2 Å². The Labute approximate surface area is 163 Å². The van der Waals surface area contributed by atoms with Gasteiger partial charge in [-0.3, -0.25) is 9.59 Å². The van der Waals surface area contributed by atoms with Crippen LogP contribution in [0.25, 0.3) is 0 Å². The molecule has 28 heavy (non-hydrogen) atoms. The van der Waals surface area contributed by atoms with Crippen molar-refractivity contribution in [1.29, 1.82) is 0 Å². The van der Waals surface area contributed by atoms with E-state index in [0.29, 0.717) is 36.9 Å². The highest BCUT2D eigenvalue weighted by Crippen LogP contribution is 2.28. The Morgan fingerprint density at radius 3 is 2.50 bits per heavy atom. The minimum Gasteiger partial charge on any atom is -0.491 e. The minimum absolute atomic E-state index is 0.158. The summed E-state index contributed by atoms with van der Waals surface area (Å²) in [6.45, 7) is 3.76. The zero-order chi connectivity index (χ0) is 19.9. The largest absolute Gasteiger partial charge is 0.491 e. The zero-order valence-corrected chi connectivity index (χ0v) is 15.7. The van der Waals surface area contributed by atoms with Crippen LogP contribution in [-0.2, 0) is 9.47 Å². The first-order chi connectivity index (χ1) is 13.5. The Morgan fingerprint density at radius 1 is 1.11 bits per heavy atom. The first-order valence-corrected chi connectivity index (χ1v) is 9.08. The Bertz CT molecular complexity index is 827. The molecule has 0 aliphatic carbocycles. The van der Waals surface area contributed by atoms with Crippen LogP contribution in [0.1, 0.15) is 34.1 Å². The van der Waals surface area contributed by atoms with Gasteiger partial charge in [-0.1, -0.05) is 0 Å². The van der Waals surface area contributed by atoms with Crippen LogP contribution in [0.5, 0.6) is 17.2 Å². The third kappa shape index (κ3) is 5.31. The Morgan fingerprint density at radius 2 is 1.86 bits per heavy atom. The number of benzene rings is 2. The molecule has 0 aromatic heterocycles. The summed E-state index contributed by atoms with van der Waals surface area (Å²) in [5.74, 6) is 0.713. The molecule has 0 saturated carbocycles. The summed E-state index contributed by atoms with van der Waals surface area (Å²) in [4.78, 5) is 23.2. The lowest BCUT2D eigenvalue weighted by atomic mass is 10.1. The number of nitrogens with two attached hydrogens (primary N) is 1. The van der Waals surface area contributed by atoms with Crippen molar-refractivity contribution in [2.75, 3.05) is 26.4 Å². The second-order valence-corrected chi connectivity index (χ2v) is 6.41. The van der Waals surface area contributed by atoms with E-state index in [-0.39, 0.29) is 23.2 Å². The summed E-state index contributed by atoms with van der Waals surface area (Å²) in [5, 5.41) is 0. The normalized spacial score (nSPS) is 16.0. The van der Waals surface area contributed by atoms with Crippen molar-refractivity contribution in [1.82, 2.24) is 0 Å². The van der Waals surface area contributed by atoms with Gasteiger partial charge in [0.25, 0.3) is 0 Å². The molecule has 2 N–H and O–H groups in total. The number of ether oxygens (including phenoxy) is 4. The fourth-order valence-corrected chi connectivity index (χ4v) is 2.80. The fourth-order valence-electron chi connectivity index (χ4n) is 2.80. The summed E-state index contributed by atoms with van der Waals surface area (Å²) in [7, 11) is 0. The zero-order valence-electron chi connectivity index (χ0n) is 15.7. The van der Waals surface area contributed by atoms with Crippen LogP contribution < -0.4 is 15.2 Å². The van der Waals surface area contributed by atoms with E-state index in [9.17, 15) is 9.59 Å². The van der Waals surface area contributed by atoms with Crippen LogP contribution in [0.2, 0.25) is 0 Å². The Balaban J connectivity index is 1.58. The van der Waals surface area contributed by atoms with Crippen molar-refractivity contribution in [2.24, 2.45) is 5.73 Å². The van der Waals surface area contributed by atoms with Gasteiger partial charge in [0.1, 0.15) is 23.9 Å². The Kier molecular flexibility index (Phi) is 6.62. The number of ketones is 1. The van der Waals surface area contributed by atoms with Gasteiger partial charge in [-0.15, -0.1) is 0 Å². The predicted molar refractivity (Wildman–Crippen MR) is 102 cm³/mol. The standard InChI is InChI=1S/C21H23NO6/c1-14(23)19-7-2-15(21(22)24)12-20(19)28-17-5-3-16(4-6-17)26-10-11-27-18-8-9-25-13-18/h2-7,12,18H,8-11,13H2,1H3,(H2,22,24). The van der Waals surface area contributed by atoms with Crippen LogP contribution in [0.15, 0.2) is 42.5 Å². The number of rotatable bonds is 9. The molecule has 1 fully saturated rings. The molecular formula is C21H23NO6. The number of Topliss-reactive ketones (excluding diaryl/α,β-unsaturated/α-hetero) is 1. The molecule has 0 radical (unpaired) electrons. The molecule has 0 spiro atoms. The molecule has 3 rings (SSSR count). The van der Waals surface area contributed by atoms with Gasteiger partial charge in [0.2, 0.25) is 5.91 Å². The third-order valence-electron chi connectivity index (χ3n) is 4.29. The van der Waals surface area contributed by atoms with E-state index in [1.54, 1.807) is 24.3 Å². The molecule has 1 heterocycles. The first-order valence-electron chi connectivity index (χ1n) is 9.08. The van der Waals surface area contributed by atoms with Gasteiger partial charge >= 0.3 is 0 Å². The van der Waals surface area contributed by atoms with E-state index >= 15 is 0 Å². The molecule has 1 aliphatic heterocycles.